The molecule has 0 radical (unpaired) electrons. The lowest BCUT2D eigenvalue weighted by Gasteiger charge is -2.04. The number of hydrogen-bond donors (Lipinski definition) is 1. The van der Waals surface area contributed by atoms with Crippen LogP contribution >= 0.6 is 0 Å². The number of nitrogens with zero attached hydrogens (tertiary/aromatic N) is 2. The molecule has 0 fully saturated rings. The summed E-state index contributed by atoms with van der Waals surface area (Å²) in [5, 5.41) is 7.49. The highest BCUT2D eigenvalue weighted by Gasteiger charge is 2.00. The Balaban J connectivity index is 1.87. The summed E-state index contributed by atoms with van der Waals surface area (Å²) in [5.41, 5.74) is 2.61. The second kappa shape index (κ2) is 5.10. The molecule has 0 atom stereocenters. The first-order chi connectivity index (χ1) is 8.15. The maximum Gasteiger partial charge on any atom is 0.126 e. The van der Waals surface area contributed by atoms with E-state index in [4.69, 9.17) is 0 Å². The maximum absolute atomic E-state index is 13.3. The fourth-order valence-corrected chi connectivity index (χ4v) is 1.64. The average Bonchev–Trinajstić information content (AvgIpc) is 2.70. The number of rotatable bonds is 4. The van der Waals surface area contributed by atoms with E-state index in [0.717, 1.165) is 11.3 Å². The van der Waals surface area contributed by atoms with Gasteiger partial charge in [-0.25, -0.2) is 4.39 Å². The molecular weight excluding hydrogens is 217 g/mol. The lowest BCUT2D eigenvalue weighted by atomic mass is 10.1. The van der Waals surface area contributed by atoms with Gasteiger partial charge in [-0.1, -0.05) is 12.1 Å². The number of halogens is 1. The molecule has 0 aliphatic rings. The minimum Gasteiger partial charge on any atom is -0.307 e. The van der Waals surface area contributed by atoms with Crippen LogP contribution in [0.25, 0.3) is 0 Å². The average molecular weight is 233 g/mol. The third kappa shape index (κ3) is 3.14. The third-order valence-electron chi connectivity index (χ3n) is 2.64. The number of aryl methyl sites for hydroxylation is 2. The normalized spacial score (nSPS) is 10.8. The molecule has 2 rings (SSSR count). The van der Waals surface area contributed by atoms with Crippen LogP contribution in [-0.2, 0) is 20.1 Å². The number of nitrogens with one attached hydrogen (secondary N) is 1. The monoisotopic (exact) mass is 233 g/mol. The first-order valence-corrected chi connectivity index (χ1v) is 5.59. The molecule has 4 heteroatoms. The van der Waals surface area contributed by atoms with Gasteiger partial charge in [0.1, 0.15) is 5.82 Å². The fraction of sp³-hybridized carbons (Fsp3) is 0.308. The summed E-state index contributed by atoms with van der Waals surface area (Å²) < 4.78 is 15.1. The van der Waals surface area contributed by atoms with Gasteiger partial charge in [-0.3, -0.25) is 4.68 Å². The maximum atomic E-state index is 13.3. The Bertz CT molecular complexity index is 505. The van der Waals surface area contributed by atoms with E-state index >= 15 is 0 Å². The number of hydrogen-bond acceptors (Lipinski definition) is 2. The van der Waals surface area contributed by atoms with E-state index in [1.165, 1.54) is 0 Å². The zero-order valence-electron chi connectivity index (χ0n) is 10.1. The summed E-state index contributed by atoms with van der Waals surface area (Å²) >= 11 is 0. The third-order valence-corrected chi connectivity index (χ3v) is 2.64. The predicted molar refractivity (Wildman–Crippen MR) is 64.9 cm³/mol. The smallest absolute Gasteiger partial charge is 0.126 e. The minimum atomic E-state index is -0.151. The van der Waals surface area contributed by atoms with Gasteiger partial charge in [0, 0.05) is 26.3 Å². The first kappa shape index (κ1) is 11.8. The molecule has 2 aromatic rings. The molecule has 0 saturated carbocycles. The van der Waals surface area contributed by atoms with Crippen LogP contribution in [0.15, 0.2) is 30.5 Å². The van der Waals surface area contributed by atoms with Gasteiger partial charge in [0.15, 0.2) is 0 Å². The highest BCUT2D eigenvalue weighted by molar-refractivity contribution is 5.23. The van der Waals surface area contributed by atoms with Crippen molar-refractivity contribution < 1.29 is 4.39 Å². The van der Waals surface area contributed by atoms with Crippen molar-refractivity contribution in [3.05, 3.63) is 53.1 Å². The highest BCUT2D eigenvalue weighted by atomic mass is 19.1. The topological polar surface area (TPSA) is 29.9 Å². The van der Waals surface area contributed by atoms with Gasteiger partial charge < -0.3 is 5.32 Å². The Labute approximate surface area is 100 Å². The van der Waals surface area contributed by atoms with E-state index in [9.17, 15) is 4.39 Å². The van der Waals surface area contributed by atoms with Gasteiger partial charge in [-0.15, -0.1) is 0 Å². The zero-order valence-corrected chi connectivity index (χ0v) is 10.1. The van der Waals surface area contributed by atoms with Crippen molar-refractivity contribution in [1.82, 2.24) is 15.1 Å². The van der Waals surface area contributed by atoms with Crippen LogP contribution in [0, 0.1) is 12.7 Å². The van der Waals surface area contributed by atoms with E-state index in [1.807, 2.05) is 25.4 Å². The van der Waals surface area contributed by atoms with Crippen molar-refractivity contribution in [2.75, 3.05) is 0 Å². The lowest BCUT2D eigenvalue weighted by molar-refractivity contribution is 0.609. The molecule has 3 nitrogen and oxygen atoms in total. The fourth-order valence-electron chi connectivity index (χ4n) is 1.64. The molecule has 0 unspecified atom stereocenters. The van der Waals surface area contributed by atoms with E-state index < -0.39 is 0 Å². The van der Waals surface area contributed by atoms with Crippen molar-refractivity contribution in [1.29, 1.82) is 0 Å². The van der Waals surface area contributed by atoms with Crippen LogP contribution in [0.2, 0.25) is 0 Å². The molecular formula is C13H16FN3. The van der Waals surface area contributed by atoms with E-state index in [1.54, 1.807) is 23.7 Å². The van der Waals surface area contributed by atoms with Gasteiger partial charge in [-0.2, -0.15) is 5.10 Å². The molecule has 0 aliphatic heterocycles. The Morgan fingerprint density at radius 2 is 2.12 bits per heavy atom. The van der Waals surface area contributed by atoms with Gasteiger partial charge in [0.2, 0.25) is 0 Å². The molecule has 0 amide bonds. The highest BCUT2D eigenvalue weighted by Crippen LogP contribution is 2.09. The second-order valence-corrected chi connectivity index (χ2v) is 4.17. The molecule has 0 bridgehead atoms. The van der Waals surface area contributed by atoms with E-state index in [-0.39, 0.29) is 5.82 Å². The molecule has 1 heterocycles. The van der Waals surface area contributed by atoms with Crippen LogP contribution in [0.3, 0.4) is 0 Å². The van der Waals surface area contributed by atoms with E-state index in [0.29, 0.717) is 18.7 Å². The Morgan fingerprint density at radius 1 is 1.29 bits per heavy atom. The lowest BCUT2D eigenvalue weighted by Crippen LogP contribution is -2.13. The number of aromatic nitrogens is 2. The van der Waals surface area contributed by atoms with Gasteiger partial charge in [0.25, 0.3) is 0 Å². The van der Waals surface area contributed by atoms with E-state index in [2.05, 4.69) is 10.4 Å². The first-order valence-electron chi connectivity index (χ1n) is 5.59. The summed E-state index contributed by atoms with van der Waals surface area (Å²) in [4.78, 5) is 0. The zero-order chi connectivity index (χ0) is 12.3. The molecule has 1 aromatic carbocycles. The van der Waals surface area contributed by atoms with Crippen LogP contribution in [0.4, 0.5) is 4.39 Å². The van der Waals surface area contributed by atoms with Gasteiger partial charge in [-0.05, 0) is 30.2 Å². The van der Waals surface area contributed by atoms with Gasteiger partial charge in [0.05, 0.1) is 5.69 Å². The summed E-state index contributed by atoms with van der Waals surface area (Å²) in [6.07, 6.45) is 1.91. The molecule has 90 valence electrons. The molecule has 1 aromatic heterocycles. The van der Waals surface area contributed by atoms with Crippen LogP contribution < -0.4 is 5.32 Å². The Kier molecular flexibility index (Phi) is 3.54. The van der Waals surface area contributed by atoms with Crippen LogP contribution in [0.5, 0.6) is 0 Å². The van der Waals surface area contributed by atoms with Crippen molar-refractivity contribution in [2.45, 2.75) is 20.0 Å². The standard InChI is InChI=1S/C13H16FN3/c1-10-3-4-11(7-13(10)14)8-15-9-12-5-6-17(2)16-12/h3-7,15H,8-9H2,1-2H3. The largest absolute Gasteiger partial charge is 0.307 e. The van der Waals surface area contributed by atoms with Crippen molar-refractivity contribution in [3.63, 3.8) is 0 Å². The van der Waals surface area contributed by atoms with Crippen molar-refractivity contribution in [2.24, 2.45) is 7.05 Å². The Hall–Kier alpha value is -1.68. The molecule has 1 N–H and O–H groups in total. The quantitative estimate of drug-likeness (QED) is 0.877. The summed E-state index contributed by atoms with van der Waals surface area (Å²) in [5.74, 6) is -0.151. The van der Waals surface area contributed by atoms with Crippen LogP contribution in [0.1, 0.15) is 16.8 Å². The second-order valence-electron chi connectivity index (χ2n) is 4.17. The van der Waals surface area contributed by atoms with Crippen LogP contribution in [-0.4, -0.2) is 9.78 Å². The molecule has 17 heavy (non-hydrogen) atoms. The minimum absolute atomic E-state index is 0.151. The predicted octanol–water partition coefficient (Wildman–Crippen LogP) is 2.16. The SMILES string of the molecule is Cc1ccc(CNCc2ccn(C)n2)cc1F. The van der Waals surface area contributed by atoms with Gasteiger partial charge >= 0.3 is 0 Å². The van der Waals surface area contributed by atoms with Crippen molar-refractivity contribution in [3.8, 4) is 0 Å². The number of benzene rings is 1. The molecule has 0 saturated heterocycles. The van der Waals surface area contributed by atoms with Crippen molar-refractivity contribution >= 4 is 0 Å². The molecule has 0 aliphatic carbocycles. The Morgan fingerprint density at radius 3 is 2.76 bits per heavy atom. The summed E-state index contributed by atoms with van der Waals surface area (Å²) in [6, 6.07) is 7.26. The summed E-state index contributed by atoms with van der Waals surface area (Å²) in [6.45, 7) is 3.10. The summed E-state index contributed by atoms with van der Waals surface area (Å²) in [7, 11) is 1.89. The molecule has 0 spiro atoms.